The molecule has 4 heteroatoms. The van der Waals surface area contributed by atoms with Gasteiger partial charge in [0.15, 0.2) is 0 Å². The van der Waals surface area contributed by atoms with Gasteiger partial charge in [-0.15, -0.1) is 6.58 Å². The van der Waals surface area contributed by atoms with Gasteiger partial charge < -0.3 is 14.6 Å². The first-order chi connectivity index (χ1) is 14.9. The predicted molar refractivity (Wildman–Crippen MR) is 144 cm³/mol. The fourth-order valence-corrected chi connectivity index (χ4v) is 1.81. The minimum absolute atomic E-state index is 0.174. The Morgan fingerprint density at radius 1 is 0.879 bits per heavy atom. The van der Waals surface area contributed by atoms with Gasteiger partial charge in [0, 0.05) is 13.3 Å². The second-order valence-electron chi connectivity index (χ2n) is 9.39. The molecule has 0 fully saturated rings. The SMILES string of the molecule is C=C(C)C(CC=C(C)C)OC(C)=O.C=C(C)C(O)CC=C(C)C.C=CC(C)(C)OCC(=C)C. The van der Waals surface area contributed by atoms with Crippen LogP contribution in [0.2, 0.25) is 0 Å². The van der Waals surface area contributed by atoms with Crippen molar-refractivity contribution in [2.45, 2.75) is 99.9 Å². The van der Waals surface area contributed by atoms with Crippen LogP contribution in [-0.2, 0) is 14.3 Å². The number of carbonyl (C=O) groups is 1. The van der Waals surface area contributed by atoms with E-state index >= 15 is 0 Å². The van der Waals surface area contributed by atoms with Crippen molar-refractivity contribution in [3.05, 3.63) is 72.4 Å². The summed E-state index contributed by atoms with van der Waals surface area (Å²) < 4.78 is 10.5. The quantitative estimate of drug-likeness (QED) is 0.253. The number of rotatable bonds is 11. The first-order valence-corrected chi connectivity index (χ1v) is 11.3. The zero-order valence-electron chi connectivity index (χ0n) is 23.0. The second-order valence-corrected chi connectivity index (χ2v) is 9.39. The highest BCUT2D eigenvalue weighted by Gasteiger charge is 2.12. The molecule has 2 atom stereocenters. The minimum atomic E-state index is -0.366. The lowest BCUT2D eigenvalue weighted by Crippen LogP contribution is -2.21. The topological polar surface area (TPSA) is 55.8 Å². The van der Waals surface area contributed by atoms with Gasteiger partial charge in [0.05, 0.1) is 18.3 Å². The van der Waals surface area contributed by atoms with Crippen LogP contribution < -0.4 is 0 Å². The van der Waals surface area contributed by atoms with E-state index in [1.807, 2.05) is 74.5 Å². The van der Waals surface area contributed by atoms with Crippen LogP contribution in [0.5, 0.6) is 0 Å². The van der Waals surface area contributed by atoms with Gasteiger partial charge in [-0.05, 0) is 74.3 Å². The van der Waals surface area contributed by atoms with Crippen molar-refractivity contribution in [1.29, 1.82) is 0 Å². The van der Waals surface area contributed by atoms with Crippen LogP contribution in [0, 0.1) is 0 Å². The van der Waals surface area contributed by atoms with Gasteiger partial charge in [0.25, 0.3) is 0 Å². The molecule has 0 aliphatic heterocycles. The van der Waals surface area contributed by atoms with Crippen LogP contribution in [0.4, 0.5) is 0 Å². The summed E-state index contributed by atoms with van der Waals surface area (Å²) in [5.41, 5.74) is 4.98. The van der Waals surface area contributed by atoms with Gasteiger partial charge >= 0.3 is 5.97 Å². The van der Waals surface area contributed by atoms with Gasteiger partial charge in [0.2, 0.25) is 0 Å². The maximum atomic E-state index is 10.7. The molecule has 0 aliphatic carbocycles. The van der Waals surface area contributed by atoms with Crippen LogP contribution in [0.1, 0.15) is 82.1 Å². The van der Waals surface area contributed by atoms with Crippen LogP contribution in [0.3, 0.4) is 0 Å². The molecule has 0 spiro atoms. The van der Waals surface area contributed by atoms with Crippen molar-refractivity contribution in [2.24, 2.45) is 0 Å². The second kappa shape index (κ2) is 19.3. The van der Waals surface area contributed by atoms with E-state index in [0.29, 0.717) is 13.0 Å². The lowest BCUT2D eigenvalue weighted by atomic mass is 10.1. The van der Waals surface area contributed by atoms with Crippen molar-refractivity contribution in [2.75, 3.05) is 6.61 Å². The predicted octanol–water partition coefficient (Wildman–Crippen LogP) is 7.67. The molecule has 0 rings (SSSR count). The fraction of sp³-hybridized carbons (Fsp3) is 0.552. The molecule has 4 nitrogen and oxygen atoms in total. The smallest absolute Gasteiger partial charge is 0.303 e. The zero-order chi connectivity index (χ0) is 26.8. The molecule has 0 radical (unpaired) electrons. The van der Waals surface area contributed by atoms with Gasteiger partial charge in [-0.25, -0.2) is 0 Å². The Bertz CT molecular complexity index is 684. The third kappa shape index (κ3) is 27.8. The summed E-state index contributed by atoms with van der Waals surface area (Å²) >= 11 is 0. The highest BCUT2D eigenvalue weighted by Crippen LogP contribution is 2.11. The van der Waals surface area contributed by atoms with Gasteiger partial charge in [0.1, 0.15) is 6.10 Å². The summed E-state index contributed by atoms with van der Waals surface area (Å²) in [6.45, 7) is 34.5. The average Bonchev–Trinajstić information content (AvgIpc) is 2.68. The number of esters is 1. The summed E-state index contributed by atoms with van der Waals surface area (Å²) in [4.78, 5) is 10.7. The molecule has 0 amide bonds. The standard InChI is InChI=1S/C11H18O2.2C9H16O/c1-8(2)6-7-11(9(3)4)13-10(5)12;1-7(2)5-6-9(10)8(3)4;1-6-9(4,5)10-7-8(2)3/h6,11H,3,7H2,1-2,4-5H3;5,9-10H,3,6H2,1-2,4H3;6H,1-2,7H2,3-5H3. The van der Waals surface area contributed by atoms with E-state index < -0.39 is 0 Å². The Morgan fingerprint density at radius 3 is 1.64 bits per heavy atom. The summed E-state index contributed by atoms with van der Waals surface area (Å²) in [5, 5.41) is 9.23. The Hall–Kier alpha value is -2.17. The molecule has 0 saturated carbocycles. The number of hydrogen-bond donors (Lipinski definition) is 1. The molecule has 0 aliphatic rings. The van der Waals surface area contributed by atoms with Crippen molar-refractivity contribution in [3.63, 3.8) is 0 Å². The highest BCUT2D eigenvalue weighted by atomic mass is 16.5. The van der Waals surface area contributed by atoms with Gasteiger partial charge in [-0.3, -0.25) is 4.79 Å². The molecular weight excluding hydrogens is 412 g/mol. The number of carbonyl (C=O) groups excluding carboxylic acids is 1. The first-order valence-electron chi connectivity index (χ1n) is 11.3. The maximum absolute atomic E-state index is 10.7. The van der Waals surface area contributed by atoms with E-state index in [9.17, 15) is 9.90 Å². The zero-order valence-corrected chi connectivity index (χ0v) is 23.0. The number of hydrogen-bond acceptors (Lipinski definition) is 4. The third-order valence-corrected chi connectivity index (χ3v) is 4.10. The Kier molecular flexibility index (Phi) is 20.7. The Balaban J connectivity index is -0.000000415. The maximum Gasteiger partial charge on any atom is 0.303 e. The van der Waals surface area contributed by atoms with E-state index in [4.69, 9.17) is 9.47 Å². The average molecular weight is 463 g/mol. The van der Waals surface area contributed by atoms with Crippen LogP contribution >= 0.6 is 0 Å². The van der Waals surface area contributed by atoms with Crippen LogP contribution in [-0.4, -0.2) is 35.5 Å². The molecule has 1 N–H and O–H groups in total. The van der Waals surface area contributed by atoms with E-state index in [2.05, 4.69) is 26.3 Å². The summed E-state index contributed by atoms with van der Waals surface area (Å²) in [7, 11) is 0. The molecule has 2 unspecified atom stereocenters. The molecule has 0 bridgehead atoms. The lowest BCUT2D eigenvalue weighted by Gasteiger charge is -2.20. The molecular formula is C29H50O4. The number of aliphatic hydroxyl groups is 1. The number of aliphatic hydroxyl groups excluding tert-OH is 1. The van der Waals surface area contributed by atoms with Crippen molar-refractivity contribution < 1.29 is 19.4 Å². The monoisotopic (exact) mass is 462 g/mol. The molecule has 33 heavy (non-hydrogen) atoms. The molecule has 0 saturated heterocycles. The van der Waals surface area contributed by atoms with Crippen molar-refractivity contribution in [1.82, 2.24) is 0 Å². The van der Waals surface area contributed by atoms with Crippen LogP contribution in [0.15, 0.2) is 72.4 Å². The Morgan fingerprint density at radius 2 is 1.33 bits per heavy atom. The van der Waals surface area contributed by atoms with Crippen molar-refractivity contribution in [3.8, 4) is 0 Å². The van der Waals surface area contributed by atoms with Gasteiger partial charge in [-0.1, -0.05) is 60.3 Å². The normalized spacial score (nSPS) is 11.7. The number of allylic oxidation sites excluding steroid dienone is 2. The summed E-state index contributed by atoms with van der Waals surface area (Å²) in [6.07, 6.45) is 6.72. The Labute approximate surface area is 204 Å². The molecule has 0 aromatic heterocycles. The van der Waals surface area contributed by atoms with Crippen LogP contribution in [0.25, 0.3) is 0 Å². The minimum Gasteiger partial charge on any atom is -0.458 e. The van der Waals surface area contributed by atoms with E-state index in [1.165, 1.54) is 18.1 Å². The molecule has 0 aromatic carbocycles. The lowest BCUT2D eigenvalue weighted by molar-refractivity contribution is -0.144. The third-order valence-electron chi connectivity index (χ3n) is 4.10. The number of ether oxygens (including phenoxy) is 2. The van der Waals surface area contributed by atoms with Gasteiger partial charge in [-0.2, -0.15) is 0 Å². The fourth-order valence-electron chi connectivity index (χ4n) is 1.81. The summed E-state index contributed by atoms with van der Waals surface area (Å²) in [6, 6.07) is 0. The van der Waals surface area contributed by atoms with Crippen molar-refractivity contribution >= 4 is 5.97 Å². The summed E-state index contributed by atoms with van der Waals surface area (Å²) in [5.74, 6) is -0.254. The first kappa shape index (κ1) is 35.4. The van der Waals surface area contributed by atoms with E-state index in [0.717, 1.165) is 23.1 Å². The molecule has 0 heterocycles. The molecule has 190 valence electrons. The molecule has 0 aromatic rings. The highest BCUT2D eigenvalue weighted by molar-refractivity contribution is 5.66. The van der Waals surface area contributed by atoms with E-state index in [-0.39, 0.29) is 23.8 Å². The van der Waals surface area contributed by atoms with E-state index in [1.54, 1.807) is 6.08 Å². The largest absolute Gasteiger partial charge is 0.458 e.